The van der Waals surface area contributed by atoms with Gasteiger partial charge in [0.15, 0.2) is 11.5 Å². The average Bonchev–Trinajstić information content (AvgIpc) is 3.11. The van der Waals surface area contributed by atoms with Crippen LogP contribution >= 0.6 is 0 Å². The molecular weight excluding hydrogens is 374 g/mol. The Morgan fingerprint density at radius 1 is 0.667 bits per heavy atom. The molecule has 4 nitrogen and oxygen atoms in total. The molecule has 0 saturated carbocycles. The van der Waals surface area contributed by atoms with Gasteiger partial charge >= 0.3 is 0 Å². The highest BCUT2D eigenvalue weighted by atomic mass is 16.3. The summed E-state index contributed by atoms with van der Waals surface area (Å²) in [4.78, 5) is 26.7. The third-order valence-electron chi connectivity index (χ3n) is 5.31. The summed E-state index contributed by atoms with van der Waals surface area (Å²) in [7, 11) is 0. The number of rotatable bonds is 4. The molecule has 5 aromatic rings. The largest absolute Gasteiger partial charge is 0.505 e. The van der Waals surface area contributed by atoms with Crippen LogP contribution in [0.5, 0.6) is 5.75 Å². The highest BCUT2D eigenvalue weighted by molar-refractivity contribution is 6.23. The van der Waals surface area contributed by atoms with Crippen molar-refractivity contribution in [2.75, 3.05) is 0 Å². The minimum absolute atomic E-state index is 0.0845. The number of aromatic nitrogens is 1. The number of ketones is 2. The number of aromatic hydroxyl groups is 1. The van der Waals surface area contributed by atoms with E-state index in [2.05, 4.69) is 0 Å². The van der Waals surface area contributed by atoms with Crippen LogP contribution in [-0.2, 0) is 0 Å². The van der Waals surface area contributed by atoms with Crippen molar-refractivity contribution < 1.29 is 14.7 Å². The number of carbonyl (C=O) groups excluding carboxylic acids is 2. The Labute approximate surface area is 172 Å². The lowest BCUT2D eigenvalue weighted by Gasteiger charge is -2.06. The van der Waals surface area contributed by atoms with Gasteiger partial charge in [-0.3, -0.25) is 9.59 Å². The Hall–Kier alpha value is -4.18. The molecule has 0 saturated heterocycles. The molecule has 2 aromatic heterocycles. The molecule has 0 spiro atoms. The molecule has 144 valence electrons. The van der Waals surface area contributed by atoms with Crippen LogP contribution in [0.15, 0.2) is 97.2 Å². The summed E-state index contributed by atoms with van der Waals surface area (Å²) in [5.41, 5.74) is 1.64. The van der Waals surface area contributed by atoms with Crippen molar-refractivity contribution >= 4 is 27.9 Å². The highest BCUT2D eigenvalue weighted by Gasteiger charge is 2.29. The van der Waals surface area contributed by atoms with Crippen molar-refractivity contribution in [1.82, 2.24) is 4.40 Å². The van der Waals surface area contributed by atoms with E-state index in [1.807, 2.05) is 42.5 Å². The molecule has 30 heavy (non-hydrogen) atoms. The van der Waals surface area contributed by atoms with E-state index < -0.39 is 0 Å². The SMILES string of the molecule is O=C(c1ccccc1)c1c(O)c(C(=O)c2ccccc2)n2ccc3ccccc3c12. The Bertz CT molecular complexity index is 1420. The molecule has 0 aliphatic carbocycles. The predicted octanol–water partition coefficient (Wildman–Crippen LogP) is 5.26. The zero-order chi connectivity index (χ0) is 20.7. The second-order valence-corrected chi connectivity index (χ2v) is 7.08. The predicted molar refractivity (Wildman–Crippen MR) is 116 cm³/mol. The lowest BCUT2D eigenvalue weighted by Crippen LogP contribution is -2.05. The summed E-state index contributed by atoms with van der Waals surface area (Å²) >= 11 is 0. The number of hydrogen-bond acceptors (Lipinski definition) is 3. The molecular formula is C26H17NO3. The summed E-state index contributed by atoms with van der Waals surface area (Å²) < 4.78 is 1.63. The summed E-state index contributed by atoms with van der Waals surface area (Å²) in [5, 5.41) is 12.9. The van der Waals surface area contributed by atoms with Gasteiger partial charge in [-0.1, -0.05) is 84.9 Å². The molecule has 0 radical (unpaired) electrons. The van der Waals surface area contributed by atoms with E-state index >= 15 is 0 Å². The van der Waals surface area contributed by atoms with E-state index in [0.29, 0.717) is 16.6 Å². The molecule has 0 fully saturated rings. The molecule has 0 aliphatic heterocycles. The zero-order valence-electron chi connectivity index (χ0n) is 15.9. The first kappa shape index (κ1) is 17.9. The highest BCUT2D eigenvalue weighted by Crippen LogP contribution is 2.37. The number of pyridine rings is 1. The lowest BCUT2D eigenvalue weighted by molar-refractivity contribution is 0.103. The second-order valence-electron chi connectivity index (χ2n) is 7.08. The van der Waals surface area contributed by atoms with Crippen LogP contribution in [0, 0.1) is 0 Å². The molecule has 0 aliphatic rings. The molecule has 0 atom stereocenters. The summed E-state index contributed by atoms with van der Waals surface area (Å²) in [5.74, 6) is -0.964. The first-order chi connectivity index (χ1) is 14.7. The van der Waals surface area contributed by atoms with Crippen molar-refractivity contribution in [2.24, 2.45) is 0 Å². The van der Waals surface area contributed by atoms with Gasteiger partial charge in [-0.2, -0.15) is 0 Å². The van der Waals surface area contributed by atoms with Gasteiger partial charge in [0.2, 0.25) is 5.78 Å². The van der Waals surface area contributed by atoms with E-state index in [1.165, 1.54) is 0 Å². The van der Waals surface area contributed by atoms with Crippen LogP contribution < -0.4 is 0 Å². The van der Waals surface area contributed by atoms with Crippen molar-refractivity contribution in [3.63, 3.8) is 0 Å². The Morgan fingerprint density at radius 2 is 1.23 bits per heavy atom. The van der Waals surface area contributed by atoms with E-state index in [4.69, 9.17) is 0 Å². The van der Waals surface area contributed by atoms with Gasteiger partial charge in [0.25, 0.3) is 0 Å². The van der Waals surface area contributed by atoms with E-state index in [0.717, 1.165) is 10.8 Å². The van der Waals surface area contributed by atoms with Crippen LogP contribution in [0.2, 0.25) is 0 Å². The van der Waals surface area contributed by atoms with Crippen molar-refractivity contribution in [2.45, 2.75) is 0 Å². The van der Waals surface area contributed by atoms with Crippen molar-refractivity contribution in [3.05, 3.63) is 120 Å². The van der Waals surface area contributed by atoms with Gasteiger partial charge in [0, 0.05) is 22.7 Å². The van der Waals surface area contributed by atoms with Crippen LogP contribution in [0.1, 0.15) is 32.0 Å². The maximum Gasteiger partial charge on any atom is 0.213 e. The minimum atomic E-state index is -0.342. The number of carbonyl (C=O) groups is 2. The van der Waals surface area contributed by atoms with E-state index in [9.17, 15) is 14.7 Å². The van der Waals surface area contributed by atoms with Crippen LogP contribution in [0.4, 0.5) is 0 Å². The summed E-state index contributed by atoms with van der Waals surface area (Å²) in [6, 6.07) is 27.0. The molecule has 4 heteroatoms. The standard InChI is InChI=1S/C26H17NO3/c28-24(18-10-3-1-4-11-18)21-22-20-14-8-7-9-17(20)15-16-27(22)23(26(21)30)25(29)19-12-5-2-6-13-19/h1-16,30H. The maximum absolute atomic E-state index is 13.4. The third kappa shape index (κ3) is 2.70. The fourth-order valence-electron chi connectivity index (χ4n) is 3.90. The Kier molecular flexibility index (Phi) is 4.18. The quantitative estimate of drug-likeness (QED) is 0.425. The van der Waals surface area contributed by atoms with Gasteiger partial charge in [-0.25, -0.2) is 0 Å². The molecule has 3 aromatic carbocycles. The Morgan fingerprint density at radius 3 is 1.90 bits per heavy atom. The van der Waals surface area contributed by atoms with Gasteiger partial charge in [0.05, 0.1) is 11.1 Å². The van der Waals surface area contributed by atoms with Crippen LogP contribution in [0.3, 0.4) is 0 Å². The first-order valence-electron chi connectivity index (χ1n) is 9.61. The van der Waals surface area contributed by atoms with Gasteiger partial charge in [0.1, 0.15) is 5.69 Å². The average molecular weight is 391 g/mol. The number of benzene rings is 3. The second kappa shape index (κ2) is 7.01. The minimum Gasteiger partial charge on any atom is -0.505 e. The van der Waals surface area contributed by atoms with Crippen molar-refractivity contribution in [1.29, 1.82) is 0 Å². The summed E-state index contributed by atoms with van der Waals surface area (Å²) in [6.07, 6.45) is 1.73. The molecule has 5 rings (SSSR count). The molecule has 0 unspecified atom stereocenters. The van der Waals surface area contributed by atoms with Crippen molar-refractivity contribution in [3.8, 4) is 5.75 Å². The zero-order valence-corrected chi connectivity index (χ0v) is 15.9. The first-order valence-corrected chi connectivity index (χ1v) is 9.61. The molecule has 2 heterocycles. The molecule has 0 amide bonds. The number of nitrogens with zero attached hydrogens (tertiary/aromatic N) is 1. The molecule has 0 bridgehead atoms. The fourth-order valence-corrected chi connectivity index (χ4v) is 3.90. The number of hydrogen-bond donors (Lipinski definition) is 1. The third-order valence-corrected chi connectivity index (χ3v) is 5.31. The van der Waals surface area contributed by atoms with Gasteiger partial charge in [-0.15, -0.1) is 0 Å². The van der Waals surface area contributed by atoms with Gasteiger partial charge in [-0.05, 0) is 11.5 Å². The van der Waals surface area contributed by atoms with Gasteiger partial charge < -0.3 is 9.51 Å². The topological polar surface area (TPSA) is 58.8 Å². The van der Waals surface area contributed by atoms with E-state index in [1.54, 1.807) is 59.1 Å². The maximum atomic E-state index is 13.4. The normalized spacial score (nSPS) is 11.1. The van der Waals surface area contributed by atoms with Crippen LogP contribution in [-0.4, -0.2) is 21.1 Å². The fraction of sp³-hybridized carbons (Fsp3) is 0. The smallest absolute Gasteiger partial charge is 0.213 e. The monoisotopic (exact) mass is 391 g/mol. The lowest BCUT2D eigenvalue weighted by atomic mass is 10.00. The Balaban J connectivity index is 1.87. The molecule has 1 N–H and O–H groups in total. The van der Waals surface area contributed by atoms with Crippen LogP contribution in [0.25, 0.3) is 16.3 Å². The van der Waals surface area contributed by atoms with E-state index in [-0.39, 0.29) is 28.6 Å². The number of fused-ring (bicyclic) bond motifs is 3. The summed E-state index contributed by atoms with van der Waals surface area (Å²) in [6.45, 7) is 0.